The topological polar surface area (TPSA) is 157 Å². The molecular formula is C40H39ClN4O7. The van der Waals surface area contributed by atoms with E-state index in [9.17, 15) is 29.4 Å². The zero-order chi connectivity index (χ0) is 36.6. The second kappa shape index (κ2) is 16.5. The lowest BCUT2D eigenvalue weighted by Crippen LogP contribution is -2.52. The SMILES string of the molecule is O=C(CCNc1cccc2c1CN(C1CCC(=O)NC1=O)C2=O)NCCOc1ccc(C(=C(CCCl)c2ccc(O)cc2)c2ccc(O)cc2)cc1. The fraction of sp³-hybridized carbons (Fsp3) is 0.250. The molecule has 0 radical (unpaired) electrons. The monoisotopic (exact) mass is 722 g/mol. The van der Waals surface area contributed by atoms with Crippen LogP contribution < -0.4 is 20.7 Å². The third kappa shape index (κ3) is 8.38. The summed E-state index contributed by atoms with van der Waals surface area (Å²) in [5.74, 6) is 0.154. The number of fused-ring (bicyclic) bond motifs is 1. The Morgan fingerprint density at radius 3 is 2.15 bits per heavy atom. The number of alkyl halides is 1. The molecule has 2 aliphatic heterocycles. The number of carbonyl (C=O) groups is 4. The molecule has 0 bridgehead atoms. The number of nitrogens with zero attached hydrogens (tertiary/aromatic N) is 1. The number of phenols is 2. The predicted molar refractivity (Wildman–Crippen MR) is 198 cm³/mol. The molecule has 0 saturated carbocycles. The van der Waals surface area contributed by atoms with Crippen LogP contribution in [0.5, 0.6) is 17.2 Å². The van der Waals surface area contributed by atoms with Gasteiger partial charge in [0.25, 0.3) is 5.91 Å². The highest BCUT2D eigenvalue weighted by Gasteiger charge is 2.39. The van der Waals surface area contributed by atoms with Crippen molar-refractivity contribution in [1.29, 1.82) is 0 Å². The first-order valence-electron chi connectivity index (χ1n) is 17.1. The van der Waals surface area contributed by atoms with Gasteiger partial charge in [-0.1, -0.05) is 42.5 Å². The molecule has 1 saturated heterocycles. The van der Waals surface area contributed by atoms with Crippen molar-refractivity contribution < 1.29 is 34.1 Å². The summed E-state index contributed by atoms with van der Waals surface area (Å²) in [7, 11) is 0. The molecule has 2 heterocycles. The number of nitrogens with one attached hydrogen (secondary N) is 3. The molecule has 52 heavy (non-hydrogen) atoms. The highest BCUT2D eigenvalue weighted by molar-refractivity contribution is 6.18. The number of imide groups is 1. The highest BCUT2D eigenvalue weighted by atomic mass is 35.5. The van der Waals surface area contributed by atoms with Crippen molar-refractivity contribution in [3.8, 4) is 17.2 Å². The van der Waals surface area contributed by atoms with Crippen molar-refractivity contribution in [2.45, 2.75) is 38.3 Å². The van der Waals surface area contributed by atoms with E-state index in [0.29, 0.717) is 43.1 Å². The second-order valence-electron chi connectivity index (χ2n) is 12.5. The van der Waals surface area contributed by atoms with Crippen molar-refractivity contribution in [2.24, 2.45) is 0 Å². The molecule has 4 amide bonds. The maximum absolute atomic E-state index is 13.1. The average molecular weight is 723 g/mol. The minimum atomic E-state index is -0.693. The summed E-state index contributed by atoms with van der Waals surface area (Å²) < 4.78 is 5.91. The van der Waals surface area contributed by atoms with Crippen LogP contribution in [0.4, 0.5) is 5.69 Å². The summed E-state index contributed by atoms with van der Waals surface area (Å²) in [4.78, 5) is 51.1. The third-order valence-electron chi connectivity index (χ3n) is 9.10. The maximum atomic E-state index is 13.1. The number of benzene rings is 4. The molecular weight excluding hydrogens is 684 g/mol. The van der Waals surface area contributed by atoms with Crippen LogP contribution in [0, 0.1) is 0 Å². The van der Waals surface area contributed by atoms with Gasteiger partial charge in [0.2, 0.25) is 17.7 Å². The molecule has 2 aliphatic rings. The molecule has 4 aromatic rings. The number of hydrogen-bond acceptors (Lipinski definition) is 8. The number of allylic oxidation sites excluding steroid dienone is 1. The molecule has 4 aromatic carbocycles. The highest BCUT2D eigenvalue weighted by Crippen LogP contribution is 2.37. The summed E-state index contributed by atoms with van der Waals surface area (Å²) in [6.45, 7) is 1.14. The summed E-state index contributed by atoms with van der Waals surface area (Å²) in [6.07, 6.45) is 1.25. The Balaban J connectivity index is 1.01. The Hall–Kier alpha value is -5.81. The number of piperidine rings is 1. The lowest BCUT2D eigenvalue weighted by atomic mass is 9.88. The second-order valence-corrected chi connectivity index (χ2v) is 12.9. The fourth-order valence-corrected chi connectivity index (χ4v) is 6.73. The number of anilines is 1. The molecule has 0 spiro atoms. The first kappa shape index (κ1) is 36.0. The van der Waals surface area contributed by atoms with Gasteiger partial charge >= 0.3 is 0 Å². The van der Waals surface area contributed by atoms with Crippen molar-refractivity contribution in [2.75, 3.05) is 30.9 Å². The van der Waals surface area contributed by atoms with Gasteiger partial charge in [0, 0.05) is 48.6 Å². The summed E-state index contributed by atoms with van der Waals surface area (Å²) in [5, 5.41) is 28.2. The predicted octanol–water partition coefficient (Wildman–Crippen LogP) is 5.44. The molecule has 268 valence electrons. The Morgan fingerprint density at radius 1 is 0.846 bits per heavy atom. The van der Waals surface area contributed by atoms with E-state index >= 15 is 0 Å². The van der Waals surface area contributed by atoms with Crippen LogP contribution in [0.3, 0.4) is 0 Å². The van der Waals surface area contributed by atoms with Gasteiger partial charge in [0.05, 0.1) is 6.54 Å². The van der Waals surface area contributed by atoms with Gasteiger partial charge in [-0.2, -0.15) is 0 Å². The number of phenolic OH excluding ortho intramolecular Hbond substituents is 2. The van der Waals surface area contributed by atoms with E-state index < -0.39 is 11.9 Å². The Labute approximate surface area is 306 Å². The van der Waals surface area contributed by atoms with Crippen LogP contribution in [0.2, 0.25) is 0 Å². The first-order valence-corrected chi connectivity index (χ1v) is 17.6. The van der Waals surface area contributed by atoms with Gasteiger partial charge in [0.15, 0.2) is 0 Å². The van der Waals surface area contributed by atoms with Gasteiger partial charge in [-0.3, -0.25) is 24.5 Å². The molecule has 0 aromatic heterocycles. The van der Waals surface area contributed by atoms with Crippen molar-refractivity contribution in [3.05, 3.63) is 119 Å². The zero-order valence-corrected chi connectivity index (χ0v) is 29.1. The van der Waals surface area contributed by atoms with Crippen LogP contribution in [0.15, 0.2) is 91.0 Å². The Kier molecular flexibility index (Phi) is 11.4. The number of carbonyl (C=O) groups excluding carboxylic acids is 4. The standard InChI is InChI=1S/C40H39ClN4O7/c41-20-18-31(25-4-10-28(46)11-5-25)38(26-6-12-29(47)13-7-26)27-8-14-30(15-9-27)52-23-22-43-36(48)19-21-42-34-3-1-2-32-33(34)24-45(40(32)51)35-16-17-37(49)44-39(35)50/h1-15,35,42,46-47H,16-24H2,(H,43,48)(H,44,49,50). The van der Waals surface area contributed by atoms with E-state index in [1.165, 1.54) is 4.90 Å². The molecule has 1 unspecified atom stereocenters. The van der Waals surface area contributed by atoms with Gasteiger partial charge in [-0.15, -0.1) is 11.6 Å². The van der Waals surface area contributed by atoms with Crippen LogP contribution >= 0.6 is 11.6 Å². The van der Waals surface area contributed by atoms with Crippen LogP contribution in [0.1, 0.15) is 58.3 Å². The van der Waals surface area contributed by atoms with Gasteiger partial charge in [-0.05, 0) is 89.2 Å². The smallest absolute Gasteiger partial charge is 0.255 e. The largest absolute Gasteiger partial charge is 0.508 e. The lowest BCUT2D eigenvalue weighted by Gasteiger charge is -2.29. The summed E-state index contributed by atoms with van der Waals surface area (Å²) >= 11 is 6.25. The van der Waals surface area contributed by atoms with Crippen molar-refractivity contribution >= 4 is 52.1 Å². The number of aromatic hydroxyl groups is 2. The third-order valence-corrected chi connectivity index (χ3v) is 9.29. The van der Waals surface area contributed by atoms with Gasteiger partial charge < -0.3 is 30.5 Å². The lowest BCUT2D eigenvalue weighted by molar-refractivity contribution is -0.137. The first-order chi connectivity index (χ1) is 25.2. The summed E-state index contributed by atoms with van der Waals surface area (Å²) in [6, 6.07) is 26.2. The van der Waals surface area contributed by atoms with E-state index in [1.54, 1.807) is 36.4 Å². The molecule has 5 N–H and O–H groups in total. The fourth-order valence-electron chi connectivity index (χ4n) is 6.54. The van der Waals surface area contributed by atoms with E-state index in [1.807, 2.05) is 54.6 Å². The zero-order valence-electron chi connectivity index (χ0n) is 28.4. The molecule has 11 nitrogen and oxygen atoms in total. The summed E-state index contributed by atoms with van der Waals surface area (Å²) in [5.41, 5.74) is 6.67. The number of hydrogen-bond donors (Lipinski definition) is 5. The maximum Gasteiger partial charge on any atom is 0.255 e. The minimum absolute atomic E-state index is 0.162. The number of halogens is 1. The number of amides is 4. The van der Waals surface area contributed by atoms with Crippen molar-refractivity contribution in [3.63, 3.8) is 0 Å². The Bertz CT molecular complexity index is 1980. The minimum Gasteiger partial charge on any atom is -0.508 e. The number of rotatable bonds is 14. The normalized spacial score (nSPS) is 15.8. The van der Waals surface area contributed by atoms with Gasteiger partial charge in [0.1, 0.15) is 29.9 Å². The van der Waals surface area contributed by atoms with E-state index in [4.69, 9.17) is 16.3 Å². The van der Waals surface area contributed by atoms with Crippen LogP contribution in [-0.4, -0.2) is 70.4 Å². The average Bonchev–Trinajstić information content (AvgIpc) is 3.48. The van der Waals surface area contributed by atoms with E-state index in [2.05, 4.69) is 16.0 Å². The molecule has 12 heteroatoms. The van der Waals surface area contributed by atoms with E-state index in [-0.39, 0.29) is 55.2 Å². The molecule has 1 atom stereocenters. The molecule has 1 fully saturated rings. The number of ether oxygens (including phenoxy) is 1. The van der Waals surface area contributed by atoms with Crippen LogP contribution in [-0.2, 0) is 20.9 Å². The molecule has 6 rings (SSSR count). The van der Waals surface area contributed by atoms with Crippen LogP contribution in [0.25, 0.3) is 11.1 Å². The van der Waals surface area contributed by atoms with Crippen molar-refractivity contribution in [1.82, 2.24) is 15.5 Å². The van der Waals surface area contributed by atoms with Gasteiger partial charge in [-0.25, -0.2) is 0 Å². The van der Waals surface area contributed by atoms with E-state index in [0.717, 1.165) is 39.1 Å². The molecule has 0 aliphatic carbocycles. The Morgan fingerprint density at radius 2 is 1.50 bits per heavy atom. The quantitative estimate of drug-likeness (QED) is 0.0498.